The molecule has 18 heavy (non-hydrogen) atoms. The number of carboxylic acid groups (broad SMARTS) is 1. The molecule has 98 valence electrons. The number of aliphatic carboxylic acids is 1. The molecule has 1 aromatic carbocycles. The number of aryl methyl sites for hydroxylation is 1. The van der Waals surface area contributed by atoms with Gasteiger partial charge < -0.3 is 15.5 Å². The van der Waals surface area contributed by atoms with Gasteiger partial charge in [0, 0.05) is 23.6 Å². The number of benzene rings is 1. The smallest absolute Gasteiger partial charge is 0.332 e. The van der Waals surface area contributed by atoms with E-state index in [0.29, 0.717) is 10.6 Å². The Morgan fingerprint density at radius 2 is 2.11 bits per heavy atom. The van der Waals surface area contributed by atoms with Crippen LogP contribution >= 0.6 is 11.6 Å². The minimum atomic E-state index is -1.46. The quantitative estimate of drug-likeness (QED) is 0.751. The lowest BCUT2D eigenvalue weighted by atomic mass is 10.1. The number of rotatable bonds is 5. The van der Waals surface area contributed by atoms with Crippen LogP contribution in [0, 0.1) is 6.92 Å². The van der Waals surface area contributed by atoms with Gasteiger partial charge in [-0.05, 0) is 30.7 Å². The maximum Gasteiger partial charge on any atom is 0.332 e. The van der Waals surface area contributed by atoms with E-state index in [1.54, 1.807) is 25.1 Å². The third-order valence-corrected chi connectivity index (χ3v) is 2.66. The van der Waals surface area contributed by atoms with Crippen molar-refractivity contribution in [3.05, 3.63) is 34.3 Å². The molecule has 0 radical (unpaired) electrons. The van der Waals surface area contributed by atoms with E-state index >= 15 is 0 Å². The maximum atomic E-state index is 11.7. The van der Waals surface area contributed by atoms with Crippen molar-refractivity contribution < 1.29 is 19.8 Å². The van der Waals surface area contributed by atoms with Crippen LogP contribution in [0.5, 0.6) is 0 Å². The molecule has 1 amide bonds. The van der Waals surface area contributed by atoms with Gasteiger partial charge in [0.15, 0.2) is 6.10 Å². The number of amides is 1. The zero-order chi connectivity index (χ0) is 13.7. The molecule has 1 aromatic rings. The number of carboxylic acids is 1. The van der Waals surface area contributed by atoms with Crippen molar-refractivity contribution in [1.82, 2.24) is 5.32 Å². The van der Waals surface area contributed by atoms with Crippen LogP contribution in [0.15, 0.2) is 18.2 Å². The van der Waals surface area contributed by atoms with Gasteiger partial charge in [0.25, 0.3) is 5.91 Å². The highest BCUT2D eigenvalue weighted by Crippen LogP contribution is 2.14. The monoisotopic (exact) mass is 271 g/mol. The summed E-state index contributed by atoms with van der Waals surface area (Å²) in [5.41, 5.74) is 1.21. The van der Waals surface area contributed by atoms with Gasteiger partial charge in [-0.15, -0.1) is 0 Å². The first kappa shape index (κ1) is 14.5. The fraction of sp³-hybridized carbons (Fsp3) is 0.333. The fourth-order valence-electron chi connectivity index (χ4n) is 1.42. The van der Waals surface area contributed by atoms with E-state index in [4.69, 9.17) is 21.8 Å². The molecular weight excluding hydrogens is 258 g/mol. The SMILES string of the molecule is Cc1cc(Cl)ccc1C(=O)NCCC(O)C(=O)O. The molecule has 0 saturated carbocycles. The Morgan fingerprint density at radius 3 is 2.67 bits per heavy atom. The topological polar surface area (TPSA) is 86.6 Å². The number of hydrogen-bond acceptors (Lipinski definition) is 3. The zero-order valence-corrected chi connectivity index (χ0v) is 10.6. The number of hydrogen-bond donors (Lipinski definition) is 3. The van der Waals surface area contributed by atoms with Gasteiger partial charge in [-0.25, -0.2) is 4.79 Å². The Bertz CT molecular complexity index is 461. The van der Waals surface area contributed by atoms with Crippen molar-refractivity contribution in [3.8, 4) is 0 Å². The summed E-state index contributed by atoms with van der Waals surface area (Å²) in [6.07, 6.45) is -1.50. The van der Waals surface area contributed by atoms with E-state index in [2.05, 4.69) is 5.32 Å². The van der Waals surface area contributed by atoms with Crippen molar-refractivity contribution >= 4 is 23.5 Å². The minimum absolute atomic E-state index is 0.0340. The molecule has 1 unspecified atom stereocenters. The number of nitrogens with one attached hydrogen (secondary N) is 1. The molecular formula is C12H14ClNO4. The third kappa shape index (κ3) is 4.01. The summed E-state index contributed by atoms with van der Waals surface area (Å²) in [4.78, 5) is 22.1. The highest BCUT2D eigenvalue weighted by molar-refractivity contribution is 6.30. The van der Waals surface area contributed by atoms with Crippen LogP contribution in [-0.2, 0) is 4.79 Å². The van der Waals surface area contributed by atoms with Crippen molar-refractivity contribution in [3.63, 3.8) is 0 Å². The van der Waals surface area contributed by atoms with Gasteiger partial charge in [-0.3, -0.25) is 4.79 Å². The second-order valence-corrected chi connectivity index (χ2v) is 4.29. The first-order valence-electron chi connectivity index (χ1n) is 5.37. The average Bonchev–Trinajstić information content (AvgIpc) is 2.28. The molecule has 0 fully saturated rings. The van der Waals surface area contributed by atoms with Crippen LogP contribution in [0.1, 0.15) is 22.3 Å². The summed E-state index contributed by atoms with van der Waals surface area (Å²) in [6, 6.07) is 4.87. The lowest BCUT2D eigenvalue weighted by Gasteiger charge is -2.09. The highest BCUT2D eigenvalue weighted by Gasteiger charge is 2.14. The summed E-state index contributed by atoms with van der Waals surface area (Å²) >= 11 is 5.77. The Labute approximate surface area is 109 Å². The molecule has 0 saturated heterocycles. The lowest BCUT2D eigenvalue weighted by Crippen LogP contribution is -2.30. The van der Waals surface area contributed by atoms with Crippen molar-refractivity contribution in [2.45, 2.75) is 19.4 Å². The maximum absolute atomic E-state index is 11.7. The Hall–Kier alpha value is -1.59. The number of aliphatic hydroxyl groups excluding tert-OH is 1. The number of aliphatic hydroxyl groups is 1. The summed E-state index contributed by atoms with van der Waals surface area (Å²) < 4.78 is 0. The van der Waals surface area contributed by atoms with Crippen molar-refractivity contribution in [1.29, 1.82) is 0 Å². The van der Waals surface area contributed by atoms with E-state index in [-0.39, 0.29) is 18.9 Å². The molecule has 1 rings (SSSR count). The standard InChI is InChI=1S/C12H14ClNO4/c1-7-6-8(13)2-3-9(7)11(16)14-5-4-10(15)12(17)18/h2-3,6,10,15H,4-5H2,1H3,(H,14,16)(H,17,18). The molecule has 0 aliphatic heterocycles. The Kier molecular flexibility index (Phi) is 5.12. The Morgan fingerprint density at radius 1 is 1.44 bits per heavy atom. The second-order valence-electron chi connectivity index (χ2n) is 3.86. The molecule has 0 aliphatic carbocycles. The van der Waals surface area contributed by atoms with Crippen molar-refractivity contribution in [2.75, 3.05) is 6.54 Å². The number of carbonyl (C=O) groups excluding carboxylic acids is 1. The van der Waals surface area contributed by atoms with Gasteiger partial charge in [-0.2, -0.15) is 0 Å². The van der Waals surface area contributed by atoms with E-state index in [1.807, 2.05) is 0 Å². The van der Waals surface area contributed by atoms with E-state index in [1.165, 1.54) is 0 Å². The van der Waals surface area contributed by atoms with Crippen LogP contribution in [0.2, 0.25) is 5.02 Å². The van der Waals surface area contributed by atoms with Crippen LogP contribution in [0.25, 0.3) is 0 Å². The summed E-state index contributed by atoms with van der Waals surface area (Å²) in [5.74, 6) is -1.62. The van der Waals surface area contributed by atoms with Gasteiger partial charge in [0.1, 0.15) is 0 Å². The Balaban J connectivity index is 2.53. The average molecular weight is 272 g/mol. The van der Waals surface area contributed by atoms with E-state index in [0.717, 1.165) is 5.56 Å². The van der Waals surface area contributed by atoms with Crippen molar-refractivity contribution in [2.24, 2.45) is 0 Å². The fourth-order valence-corrected chi connectivity index (χ4v) is 1.65. The largest absolute Gasteiger partial charge is 0.479 e. The van der Waals surface area contributed by atoms with Crippen LogP contribution in [0.3, 0.4) is 0 Å². The zero-order valence-electron chi connectivity index (χ0n) is 9.81. The molecule has 0 aromatic heterocycles. The normalized spacial score (nSPS) is 11.9. The molecule has 0 heterocycles. The minimum Gasteiger partial charge on any atom is -0.479 e. The summed E-state index contributed by atoms with van der Waals surface area (Å²) in [5, 5.41) is 20.6. The predicted molar refractivity (Wildman–Crippen MR) is 66.8 cm³/mol. The number of halogens is 1. The number of carbonyl (C=O) groups is 2. The first-order chi connectivity index (χ1) is 8.41. The molecule has 1 atom stereocenters. The van der Waals surface area contributed by atoms with Gasteiger partial charge in [0.05, 0.1) is 0 Å². The highest BCUT2D eigenvalue weighted by atomic mass is 35.5. The van der Waals surface area contributed by atoms with Gasteiger partial charge >= 0.3 is 5.97 Å². The summed E-state index contributed by atoms with van der Waals surface area (Å²) in [7, 11) is 0. The molecule has 0 spiro atoms. The first-order valence-corrected chi connectivity index (χ1v) is 5.75. The van der Waals surface area contributed by atoms with E-state index in [9.17, 15) is 9.59 Å². The van der Waals surface area contributed by atoms with Gasteiger partial charge in [-0.1, -0.05) is 11.6 Å². The van der Waals surface area contributed by atoms with E-state index < -0.39 is 12.1 Å². The second kappa shape index (κ2) is 6.37. The molecule has 6 heteroatoms. The van der Waals surface area contributed by atoms with Crippen LogP contribution < -0.4 is 5.32 Å². The summed E-state index contributed by atoms with van der Waals surface area (Å²) in [6.45, 7) is 1.85. The molecule has 0 bridgehead atoms. The van der Waals surface area contributed by atoms with Crippen LogP contribution in [0.4, 0.5) is 0 Å². The molecule has 5 nitrogen and oxygen atoms in total. The molecule has 0 aliphatic rings. The van der Waals surface area contributed by atoms with Gasteiger partial charge in [0.2, 0.25) is 0 Å². The van der Waals surface area contributed by atoms with Crippen LogP contribution in [-0.4, -0.2) is 34.7 Å². The predicted octanol–water partition coefficient (Wildman–Crippen LogP) is 1.21. The third-order valence-electron chi connectivity index (χ3n) is 2.42. The molecule has 3 N–H and O–H groups in total. The lowest BCUT2D eigenvalue weighted by molar-refractivity contribution is -0.146.